The lowest BCUT2D eigenvalue weighted by Gasteiger charge is -1.99. The summed E-state index contributed by atoms with van der Waals surface area (Å²) in [6.45, 7) is 9.97. The molecule has 0 aliphatic carbocycles. The molecule has 0 saturated heterocycles. The predicted octanol–water partition coefficient (Wildman–Crippen LogP) is 3.53. The second-order valence-electron chi connectivity index (χ2n) is 1.94. The molecule has 0 aliphatic heterocycles. The maximum absolute atomic E-state index is 4.99. The van der Waals surface area contributed by atoms with Gasteiger partial charge in [0.2, 0.25) is 0 Å². The van der Waals surface area contributed by atoms with E-state index in [0.717, 1.165) is 5.76 Å². The third-order valence-electron chi connectivity index (χ3n) is 1.28. The van der Waals surface area contributed by atoms with E-state index in [-0.39, 0.29) is 0 Å². The highest BCUT2D eigenvalue weighted by Gasteiger charge is 1.87. The minimum Gasteiger partial charge on any atom is -0.501 e. The molecule has 0 aromatic carbocycles. The van der Waals surface area contributed by atoms with Crippen LogP contribution in [0.2, 0.25) is 0 Å². The molecular weight excluding hydrogens is 136 g/mol. The summed E-state index contributed by atoms with van der Waals surface area (Å²) in [6, 6.07) is 0. The fourth-order valence-electron chi connectivity index (χ4n) is 0.528. The van der Waals surface area contributed by atoms with Gasteiger partial charge in [-0.2, -0.15) is 0 Å². The Balaban J connectivity index is 0. The number of allylic oxidation sites excluding steroid dienone is 4. The maximum atomic E-state index is 4.99. The van der Waals surface area contributed by atoms with Crippen molar-refractivity contribution in [3.05, 3.63) is 23.5 Å². The topological polar surface area (TPSA) is 9.23 Å². The van der Waals surface area contributed by atoms with Gasteiger partial charge in [0.25, 0.3) is 0 Å². The zero-order chi connectivity index (χ0) is 9.28. The summed E-state index contributed by atoms with van der Waals surface area (Å²) in [5.41, 5.74) is 1.18. The first-order valence-electron chi connectivity index (χ1n) is 4.06. The molecule has 0 fully saturated rings. The van der Waals surface area contributed by atoms with Gasteiger partial charge in [-0.15, -0.1) is 0 Å². The number of hydrogen-bond acceptors (Lipinski definition) is 1. The minimum atomic E-state index is 0.980. The molecule has 0 aliphatic rings. The van der Waals surface area contributed by atoms with E-state index in [0.29, 0.717) is 0 Å². The summed E-state index contributed by atoms with van der Waals surface area (Å²) in [6.07, 6.45) is 4.02. The second-order valence-corrected chi connectivity index (χ2v) is 1.94. The minimum absolute atomic E-state index is 0.980. The summed E-state index contributed by atoms with van der Waals surface area (Å²) >= 11 is 0. The van der Waals surface area contributed by atoms with Crippen molar-refractivity contribution in [1.82, 2.24) is 0 Å². The van der Waals surface area contributed by atoms with Gasteiger partial charge < -0.3 is 4.74 Å². The Labute approximate surface area is 70.8 Å². The van der Waals surface area contributed by atoms with Crippen molar-refractivity contribution < 1.29 is 4.74 Å². The molecule has 0 saturated carbocycles. The summed E-state index contributed by atoms with van der Waals surface area (Å²) < 4.78 is 4.99. The Morgan fingerprint density at radius 2 is 1.64 bits per heavy atom. The predicted molar refractivity (Wildman–Crippen MR) is 51.5 cm³/mol. The fraction of sp³-hybridized carbons (Fsp3) is 0.600. The lowest BCUT2D eigenvalue weighted by atomic mass is 10.2. The largest absolute Gasteiger partial charge is 0.501 e. The molecule has 0 aromatic rings. The highest BCUT2D eigenvalue weighted by molar-refractivity contribution is 5.17. The van der Waals surface area contributed by atoms with Gasteiger partial charge in [-0.1, -0.05) is 26.0 Å². The molecule has 0 bridgehead atoms. The van der Waals surface area contributed by atoms with E-state index >= 15 is 0 Å². The Hall–Kier alpha value is -0.720. The van der Waals surface area contributed by atoms with Gasteiger partial charge in [-0.05, 0) is 26.3 Å². The van der Waals surface area contributed by atoms with Crippen LogP contribution >= 0.6 is 0 Å². The van der Waals surface area contributed by atoms with Crippen LogP contribution in [-0.4, -0.2) is 7.11 Å². The molecule has 1 heteroatoms. The molecule has 66 valence electrons. The van der Waals surface area contributed by atoms with Crippen molar-refractivity contribution in [2.75, 3.05) is 7.11 Å². The lowest BCUT2D eigenvalue weighted by molar-refractivity contribution is 0.290. The Morgan fingerprint density at radius 3 is 1.91 bits per heavy atom. The van der Waals surface area contributed by atoms with Crippen molar-refractivity contribution in [3.63, 3.8) is 0 Å². The molecule has 0 N–H and O–H groups in total. The zero-order valence-electron chi connectivity index (χ0n) is 8.56. The van der Waals surface area contributed by atoms with Gasteiger partial charge in [0, 0.05) is 0 Å². The molecule has 0 heterocycles. The smallest absolute Gasteiger partial charge is 0.0953 e. The Kier molecular flexibility index (Phi) is 10.9. The standard InChI is InChI=1S/C8H14O.C2H6/c1-5-6-7(2)8(3)9-4;1-2/h5-6H,1-4H3;1-2H3/b6-5+,8-7-;. The third kappa shape index (κ3) is 7.17. The highest BCUT2D eigenvalue weighted by atomic mass is 16.5. The maximum Gasteiger partial charge on any atom is 0.0953 e. The number of hydrogen-bond donors (Lipinski definition) is 0. The second kappa shape index (κ2) is 9.28. The third-order valence-corrected chi connectivity index (χ3v) is 1.28. The van der Waals surface area contributed by atoms with Gasteiger partial charge in [0.1, 0.15) is 0 Å². The van der Waals surface area contributed by atoms with E-state index in [1.807, 2.05) is 46.8 Å². The van der Waals surface area contributed by atoms with E-state index in [2.05, 4.69) is 0 Å². The molecule has 0 spiro atoms. The first-order valence-corrected chi connectivity index (χ1v) is 4.06. The van der Waals surface area contributed by atoms with Crippen LogP contribution in [0, 0.1) is 0 Å². The van der Waals surface area contributed by atoms with Crippen LogP contribution in [0.4, 0.5) is 0 Å². The van der Waals surface area contributed by atoms with Crippen LogP contribution in [0.5, 0.6) is 0 Å². The summed E-state index contributed by atoms with van der Waals surface area (Å²) in [5.74, 6) is 0.980. The molecule has 0 amide bonds. The van der Waals surface area contributed by atoms with Crippen molar-refractivity contribution in [2.45, 2.75) is 34.6 Å². The first kappa shape index (κ1) is 12.9. The van der Waals surface area contributed by atoms with Gasteiger partial charge in [-0.3, -0.25) is 0 Å². The lowest BCUT2D eigenvalue weighted by Crippen LogP contribution is -1.82. The van der Waals surface area contributed by atoms with Crippen molar-refractivity contribution in [1.29, 1.82) is 0 Å². The SMILES string of the molecule is C/C=C/C(C)=C(/C)OC.CC. The zero-order valence-corrected chi connectivity index (χ0v) is 8.56. The molecule has 0 rings (SSSR count). The summed E-state index contributed by atoms with van der Waals surface area (Å²) in [4.78, 5) is 0. The molecule has 1 nitrogen and oxygen atoms in total. The van der Waals surface area contributed by atoms with Crippen molar-refractivity contribution in [2.24, 2.45) is 0 Å². The molecule has 0 unspecified atom stereocenters. The van der Waals surface area contributed by atoms with Crippen LogP contribution in [-0.2, 0) is 4.74 Å². The normalized spacial score (nSPS) is 11.8. The van der Waals surface area contributed by atoms with Crippen molar-refractivity contribution in [3.8, 4) is 0 Å². The number of ether oxygens (including phenoxy) is 1. The van der Waals surface area contributed by atoms with Crippen LogP contribution < -0.4 is 0 Å². The number of methoxy groups -OCH3 is 1. The highest BCUT2D eigenvalue weighted by Crippen LogP contribution is 2.03. The summed E-state index contributed by atoms with van der Waals surface area (Å²) in [5, 5.41) is 0. The first-order chi connectivity index (χ1) is 5.22. The molecule has 0 radical (unpaired) electrons. The van der Waals surface area contributed by atoms with Crippen LogP contribution in [0.15, 0.2) is 23.5 Å². The van der Waals surface area contributed by atoms with Crippen molar-refractivity contribution >= 4 is 0 Å². The average Bonchev–Trinajstić information content (AvgIpc) is 2.07. The molecular formula is C10H20O. The van der Waals surface area contributed by atoms with Crippen LogP contribution in [0.3, 0.4) is 0 Å². The molecule has 0 atom stereocenters. The van der Waals surface area contributed by atoms with Crippen LogP contribution in [0.25, 0.3) is 0 Å². The molecule has 0 aromatic heterocycles. The van der Waals surface area contributed by atoms with E-state index in [1.165, 1.54) is 5.57 Å². The van der Waals surface area contributed by atoms with Gasteiger partial charge in [0.05, 0.1) is 12.9 Å². The summed E-state index contributed by atoms with van der Waals surface area (Å²) in [7, 11) is 1.68. The van der Waals surface area contributed by atoms with Gasteiger partial charge >= 0.3 is 0 Å². The van der Waals surface area contributed by atoms with E-state index in [4.69, 9.17) is 4.74 Å². The Bertz CT molecular complexity index is 132. The molecule has 11 heavy (non-hydrogen) atoms. The quantitative estimate of drug-likeness (QED) is 0.439. The van der Waals surface area contributed by atoms with Crippen LogP contribution in [0.1, 0.15) is 34.6 Å². The van der Waals surface area contributed by atoms with E-state index < -0.39 is 0 Å². The van der Waals surface area contributed by atoms with Gasteiger partial charge in [-0.25, -0.2) is 0 Å². The monoisotopic (exact) mass is 156 g/mol. The average molecular weight is 156 g/mol. The van der Waals surface area contributed by atoms with E-state index in [9.17, 15) is 0 Å². The number of rotatable bonds is 2. The fourth-order valence-corrected chi connectivity index (χ4v) is 0.528. The Morgan fingerprint density at radius 1 is 1.18 bits per heavy atom. The van der Waals surface area contributed by atoms with E-state index in [1.54, 1.807) is 7.11 Å². The van der Waals surface area contributed by atoms with Gasteiger partial charge in [0.15, 0.2) is 0 Å².